The average Bonchev–Trinajstić information content (AvgIpc) is 3.22. The number of amides is 1. The Hall–Kier alpha value is -3.46. The summed E-state index contributed by atoms with van der Waals surface area (Å²) in [6.07, 6.45) is 1.80. The minimum Gasteiger partial charge on any atom is -0.493 e. The lowest BCUT2D eigenvalue weighted by Gasteiger charge is -2.12. The van der Waals surface area contributed by atoms with Gasteiger partial charge in [-0.25, -0.2) is 9.79 Å². The van der Waals surface area contributed by atoms with Gasteiger partial charge in [-0.05, 0) is 84.4 Å². The fourth-order valence-corrected chi connectivity index (χ4v) is 4.99. The molecule has 0 atom stereocenters. The van der Waals surface area contributed by atoms with E-state index in [0.29, 0.717) is 49.4 Å². The Kier molecular flexibility index (Phi) is 8.99. The average molecular weight is 571 g/mol. The number of hydrogen-bond acceptors (Lipinski definition) is 7. The molecule has 1 saturated heterocycles. The second kappa shape index (κ2) is 12.4. The third-order valence-electron chi connectivity index (χ3n) is 5.58. The van der Waals surface area contributed by atoms with Crippen molar-refractivity contribution < 1.29 is 23.8 Å². The van der Waals surface area contributed by atoms with Crippen LogP contribution in [0, 0.1) is 0 Å². The van der Waals surface area contributed by atoms with E-state index in [2.05, 4.69) is 4.99 Å². The van der Waals surface area contributed by atoms with Crippen molar-refractivity contribution in [1.29, 1.82) is 0 Å². The van der Waals surface area contributed by atoms with E-state index in [0.717, 1.165) is 11.1 Å². The number of methoxy groups -OCH3 is 2. The van der Waals surface area contributed by atoms with Crippen molar-refractivity contribution in [1.82, 2.24) is 4.90 Å². The Bertz CT molecular complexity index is 1420. The topological polar surface area (TPSA) is 77.4 Å². The molecular formula is C28H24Cl2N2O5S. The molecule has 10 heteroatoms. The number of nitrogens with zero attached hydrogens (tertiary/aromatic N) is 2. The molecule has 0 N–H and O–H groups in total. The minimum atomic E-state index is -0.420. The number of benzene rings is 3. The van der Waals surface area contributed by atoms with Crippen LogP contribution in [0.4, 0.5) is 5.69 Å². The van der Waals surface area contributed by atoms with Crippen molar-refractivity contribution in [3.05, 3.63) is 92.3 Å². The predicted octanol–water partition coefficient (Wildman–Crippen LogP) is 6.99. The highest BCUT2D eigenvalue weighted by atomic mass is 35.5. The number of rotatable bonds is 8. The van der Waals surface area contributed by atoms with Crippen molar-refractivity contribution in [2.75, 3.05) is 20.8 Å². The second-order valence-corrected chi connectivity index (χ2v) is 9.86. The van der Waals surface area contributed by atoms with Crippen LogP contribution < -0.4 is 9.47 Å². The van der Waals surface area contributed by atoms with Crippen LogP contribution >= 0.6 is 35.0 Å². The fraction of sp³-hybridized carbons (Fsp3) is 0.179. The van der Waals surface area contributed by atoms with Crippen LogP contribution in [-0.2, 0) is 16.1 Å². The third-order valence-corrected chi connectivity index (χ3v) is 7.33. The van der Waals surface area contributed by atoms with Crippen molar-refractivity contribution in [3.8, 4) is 11.5 Å². The van der Waals surface area contributed by atoms with Gasteiger partial charge in [0.15, 0.2) is 16.7 Å². The predicted molar refractivity (Wildman–Crippen MR) is 152 cm³/mol. The van der Waals surface area contributed by atoms with Crippen molar-refractivity contribution >= 4 is 63.8 Å². The molecular weight excluding hydrogens is 547 g/mol. The highest BCUT2D eigenvalue weighted by Gasteiger charge is 2.32. The highest BCUT2D eigenvalue weighted by molar-refractivity contribution is 8.18. The van der Waals surface area contributed by atoms with E-state index in [1.54, 1.807) is 60.6 Å². The van der Waals surface area contributed by atoms with Gasteiger partial charge in [0, 0.05) is 6.54 Å². The van der Waals surface area contributed by atoms with E-state index in [-0.39, 0.29) is 12.5 Å². The number of aliphatic imine (C=N–C) groups is 1. The number of ether oxygens (including phenoxy) is 3. The fourth-order valence-electron chi connectivity index (χ4n) is 3.61. The van der Waals surface area contributed by atoms with E-state index >= 15 is 0 Å². The van der Waals surface area contributed by atoms with Gasteiger partial charge in [0.25, 0.3) is 5.91 Å². The lowest BCUT2D eigenvalue weighted by molar-refractivity contribution is -0.122. The molecule has 0 unspecified atom stereocenters. The summed E-state index contributed by atoms with van der Waals surface area (Å²) in [4.78, 5) is 31.5. The molecule has 7 nitrogen and oxygen atoms in total. The van der Waals surface area contributed by atoms with Gasteiger partial charge >= 0.3 is 5.97 Å². The molecule has 0 aliphatic carbocycles. The van der Waals surface area contributed by atoms with Gasteiger partial charge in [-0.15, -0.1) is 0 Å². The molecule has 1 amide bonds. The summed E-state index contributed by atoms with van der Waals surface area (Å²) in [5, 5.41) is 1.50. The summed E-state index contributed by atoms with van der Waals surface area (Å²) < 4.78 is 16.2. The largest absolute Gasteiger partial charge is 0.493 e. The van der Waals surface area contributed by atoms with Gasteiger partial charge in [-0.2, -0.15) is 0 Å². The number of carbonyl (C=O) groups excluding carboxylic acids is 2. The van der Waals surface area contributed by atoms with Crippen molar-refractivity contribution in [2.45, 2.75) is 13.5 Å². The van der Waals surface area contributed by atoms with Crippen LogP contribution in [0.2, 0.25) is 10.0 Å². The van der Waals surface area contributed by atoms with E-state index in [1.165, 1.54) is 18.9 Å². The molecule has 1 aliphatic heterocycles. The molecule has 1 aliphatic rings. The second-order valence-electron chi connectivity index (χ2n) is 8.04. The Morgan fingerprint density at radius 1 is 1.00 bits per heavy atom. The van der Waals surface area contributed by atoms with Gasteiger partial charge in [0.05, 0.1) is 40.4 Å². The molecule has 38 heavy (non-hydrogen) atoms. The Balaban J connectivity index is 1.52. The van der Waals surface area contributed by atoms with Gasteiger partial charge in [-0.1, -0.05) is 35.3 Å². The number of amidine groups is 1. The zero-order valence-electron chi connectivity index (χ0n) is 20.9. The number of likely N-dealkylation sites (N-methyl/N-ethyl adjacent to an activating group) is 1. The van der Waals surface area contributed by atoms with Crippen molar-refractivity contribution in [2.24, 2.45) is 4.99 Å². The summed E-state index contributed by atoms with van der Waals surface area (Å²) in [7, 11) is 2.89. The first-order chi connectivity index (χ1) is 18.3. The van der Waals surface area contributed by atoms with Crippen LogP contribution in [0.3, 0.4) is 0 Å². The van der Waals surface area contributed by atoms with Gasteiger partial charge in [-0.3, -0.25) is 9.69 Å². The number of halogens is 2. The lowest BCUT2D eigenvalue weighted by Crippen LogP contribution is -2.28. The zero-order valence-corrected chi connectivity index (χ0v) is 23.2. The third kappa shape index (κ3) is 6.32. The molecule has 3 aromatic rings. The van der Waals surface area contributed by atoms with E-state index in [1.807, 2.05) is 25.1 Å². The van der Waals surface area contributed by atoms with Crippen molar-refractivity contribution in [3.63, 3.8) is 0 Å². The normalized spacial score (nSPS) is 15.3. The van der Waals surface area contributed by atoms with E-state index in [9.17, 15) is 9.59 Å². The van der Waals surface area contributed by atoms with Crippen LogP contribution in [0.1, 0.15) is 28.4 Å². The monoisotopic (exact) mass is 570 g/mol. The summed E-state index contributed by atoms with van der Waals surface area (Å²) in [5.41, 5.74) is 2.70. The van der Waals surface area contributed by atoms with E-state index in [4.69, 9.17) is 37.4 Å². The van der Waals surface area contributed by atoms with Gasteiger partial charge in [0.2, 0.25) is 0 Å². The SMILES string of the molecule is CCN1C(=O)C(=Cc2ccc(OCc3ccc(Cl)c(Cl)c3)c(OC)c2)SC1=Nc1ccc(C(=O)OC)cc1. The van der Waals surface area contributed by atoms with Crippen LogP contribution in [0.5, 0.6) is 11.5 Å². The minimum absolute atomic E-state index is 0.138. The molecule has 4 rings (SSSR count). The quantitative estimate of drug-likeness (QED) is 0.214. The number of esters is 1. The molecule has 196 valence electrons. The molecule has 1 heterocycles. The number of carbonyl (C=O) groups is 2. The molecule has 3 aromatic carbocycles. The number of hydrogen-bond donors (Lipinski definition) is 0. The summed E-state index contributed by atoms with van der Waals surface area (Å²) in [6.45, 7) is 2.64. The molecule has 0 radical (unpaired) electrons. The van der Waals surface area contributed by atoms with E-state index < -0.39 is 5.97 Å². The summed E-state index contributed by atoms with van der Waals surface area (Å²) in [6, 6.07) is 17.5. The Morgan fingerprint density at radius 3 is 2.42 bits per heavy atom. The Morgan fingerprint density at radius 2 is 1.76 bits per heavy atom. The molecule has 0 aromatic heterocycles. The standard InChI is InChI=1S/C28H24Cl2N2O5S/c1-4-32-26(33)25(38-28(32)31-20-9-7-19(8-10-20)27(34)36-3)15-17-6-12-23(24(14-17)35-2)37-16-18-5-11-21(29)22(30)13-18/h5-15H,4,16H2,1-3H3. The number of thioether (sulfide) groups is 1. The van der Waals surface area contributed by atoms with Crippen LogP contribution in [0.15, 0.2) is 70.6 Å². The highest BCUT2D eigenvalue weighted by Crippen LogP contribution is 2.36. The molecule has 0 spiro atoms. The maximum absolute atomic E-state index is 13.1. The van der Waals surface area contributed by atoms with Crippen LogP contribution in [-0.4, -0.2) is 42.7 Å². The molecule has 1 fully saturated rings. The molecule has 0 bridgehead atoms. The Labute approximate surface area is 235 Å². The maximum Gasteiger partial charge on any atom is 0.337 e. The maximum atomic E-state index is 13.1. The first-order valence-corrected chi connectivity index (χ1v) is 13.1. The molecule has 0 saturated carbocycles. The van der Waals surface area contributed by atoms with Crippen LogP contribution in [0.25, 0.3) is 6.08 Å². The summed E-state index contributed by atoms with van der Waals surface area (Å²) >= 11 is 13.4. The smallest absolute Gasteiger partial charge is 0.337 e. The van der Waals surface area contributed by atoms with Gasteiger partial charge in [0.1, 0.15) is 6.61 Å². The first-order valence-electron chi connectivity index (χ1n) is 11.6. The summed E-state index contributed by atoms with van der Waals surface area (Å²) in [5.74, 6) is 0.526. The van der Waals surface area contributed by atoms with Gasteiger partial charge < -0.3 is 14.2 Å². The lowest BCUT2D eigenvalue weighted by atomic mass is 10.1. The zero-order chi connectivity index (χ0) is 27.2. The first kappa shape index (κ1) is 27.6.